The maximum Gasteiger partial charge on any atom is 0.306 e. The van der Waals surface area contributed by atoms with E-state index in [0.29, 0.717) is 12.8 Å². The second-order valence-electron chi connectivity index (χ2n) is 21.2. The Morgan fingerprint density at radius 1 is 0.427 bits per heavy atom. The molecule has 75 heavy (non-hydrogen) atoms. The van der Waals surface area contributed by atoms with E-state index in [-0.39, 0.29) is 26.1 Å². The lowest BCUT2D eigenvalue weighted by molar-refractivity contribution is -0.332. The summed E-state index contributed by atoms with van der Waals surface area (Å²) in [7, 11) is 0. The van der Waals surface area contributed by atoms with Crippen LogP contribution in [0, 0.1) is 0 Å². The van der Waals surface area contributed by atoms with E-state index in [1.165, 1.54) is 135 Å². The van der Waals surface area contributed by atoms with Crippen molar-refractivity contribution in [3.63, 3.8) is 0 Å². The topological polar surface area (TPSA) is 231 Å². The summed E-state index contributed by atoms with van der Waals surface area (Å²) in [5.41, 5.74) is 0. The van der Waals surface area contributed by atoms with Crippen LogP contribution < -0.4 is 0 Å². The summed E-state index contributed by atoms with van der Waals surface area (Å²) < 4.78 is 33.7. The molecule has 0 radical (unpaired) electrons. The molecule has 0 aromatic rings. The van der Waals surface area contributed by atoms with Crippen LogP contribution in [-0.2, 0) is 38.0 Å². The van der Waals surface area contributed by atoms with E-state index < -0.39 is 92.7 Å². The summed E-state index contributed by atoms with van der Waals surface area (Å²) in [5.74, 6) is -0.939. The van der Waals surface area contributed by atoms with Crippen LogP contribution in [0.25, 0.3) is 0 Å². The Morgan fingerprint density at radius 2 is 0.800 bits per heavy atom. The molecular formula is C60H108O15. The molecule has 0 aromatic heterocycles. The molecule has 15 heteroatoms. The normalized spacial score (nSPS) is 24.7. The molecule has 2 fully saturated rings. The van der Waals surface area contributed by atoms with E-state index in [0.717, 1.165) is 64.2 Å². The molecule has 0 aromatic carbocycles. The molecule has 0 aliphatic carbocycles. The molecule has 11 atom stereocenters. The Hall–Kier alpha value is -2.28. The fraction of sp³-hybridized carbons (Fsp3) is 0.867. The van der Waals surface area contributed by atoms with Crippen LogP contribution in [0.3, 0.4) is 0 Å². The van der Waals surface area contributed by atoms with Crippen molar-refractivity contribution in [1.29, 1.82) is 0 Å². The largest absolute Gasteiger partial charge is 0.462 e. The highest BCUT2D eigenvalue weighted by Crippen LogP contribution is 2.27. The van der Waals surface area contributed by atoms with Crippen LogP contribution in [0.1, 0.15) is 239 Å². The van der Waals surface area contributed by atoms with E-state index in [1.807, 2.05) is 0 Å². The Labute approximate surface area is 453 Å². The number of carbonyl (C=O) groups is 2. The first-order valence-corrected chi connectivity index (χ1v) is 30.1. The molecular weight excluding hydrogens is 961 g/mol. The number of carbonyl (C=O) groups excluding carboxylic acids is 2. The molecule has 2 aliphatic heterocycles. The number of aliphatic hydroxyl groups is 7. The molecule has 4 unspecified atom stereocenters. The van der Waals surface area contributed by atoms with Crippen molar-refractivity contribution >= 4 is 11.9 Å². The fourth-order valence-electron chi connectivity index (χ4n) is 9.46. The summed E-state index contributed by atoms with van der Waals surface area (Å²) >= 11 is 0. The summed E-state index contributed by atoms with van der Waals surface area (Å²) in [5, 5.41) is 72.3. The van der Waals surface area contributed by atoms with Crippen molar-refractivity contribution in [2.45, 2.75) is 306 Å². The minimum Gasteiger partial charge on any atom is -0.462 e. The second-order valence-corrected chi connectivity index (χ2v) is 21.2. The van der Waals surface area contributed by atoms with Crippen molar-refractivity contribution in [3.8, 4) is 0 Å². The number of ether oxygens (including phenoxy) is 6. The Balaban J connectivity index is 1.73. The molecule has 2 heterocycles. The van der Waals surface area contributed by atoms with Gasteiger partial charge in [0.15, 0.2) is 18.7 Å². The zero-order valence-electron chi connectivity index (χ0n) is 46.8. The van der Waals surface area contributed by atoms with Crippen molar-refractivity contribution < 1.29 is 73.8 Å². The number of aliphatic hydroxyl groups excluding tert-OH is 7. The average Bonchev–Trinajstić information content (AvgIpc) is 3.40. The number of unbranched alkanes of at least 4 members (excludes halogenated alkanes) is 28. The molecule has 2 saturated heterocycles. The quantitative estimate of drug-likeness (QED) is 0.0171. The van der Waals surface area contributed by atoms with E-state index >= 15 is 0 Å². The standard InChI is InChI=1S/C60H108O15/c1-3-5-7-9-11-13-15-17-19-21-22-23-24-25-27-28-30-32-34-36-38-40-42-51(62)70-45-48(73-52(63)43-41-39-37-35-33-31-29-26-20-18-16-14-12-10-8-6-4-2)46-71-59-58(69)56(67)54(65)50(75-59)47-72-60-57(68)55(66)53(64)49(44-61)74-60/h12,14,18,20,29,31,48-50,53-61,64-69H,3-11,13,15-17,19,21-28,30,32-47H2,1-2H3/b14-12+,20-18+,31-29+/t48-,49+,50+,53-,54-,55?,56?,57?,58?,59+,60+/m0/s1. The predicted octanol–water partition coefficient (Wildman–Crippen LogP) is 10.4. The van der Waals surface area contributed by atoms with Crippen molar-refractivity contribution in [2.75, 3.05) is 26.4 Å². The van der Waals surface area contributed by atoms with E-state index in [9.17, 15) is 45.3 Å². The fourth-order valence-corrected chi connectivity index (χ4v) is 9.46. The first-order valence-electron chi connectivity index (χ1n) is 30.1. The lowest BCUT2D eigenvalue weighted by Gasteiger charge is -2.42. The average molecular weight is 1070 g/mol. The summed E-state index contributed by atoms with van der Waals surface area (Å²) in [6.07, 6.45) is 36.0. The van der Waals surface area contributed by atoms with Gasteiger partial charge in [-0.2, -0.15) is 0 Å². The number of esters is 2. The van der Waals surface area contributed by atoms with Gasteiger partial charge in [0.05, 0.1) is 19.8 Å². The third kappa shape index (κ3) is 33.7. The highest BCUT2D eigenvalue weighted by atomic mass is 16.7. The van der Waals surface area contributed by atoms with Gasteiger partial charge >= 0.3 is 11.9 Å². The highest BCUT2D eigenvalue weighted by Gasteiger charge is 2.47. The first-order chi connectivity index (χ1) is 36.5. The molecule has 7 N–H and O–H groups in total. The molecule has 0 saturated carbocycles. The first kappa shape index (κ1) is 68.8. The summed E-state index contributed by atoms with van der Waals surface area (Å²) in [6, 6.07) is 0. The third-order valence-corrected chi connectivity index (χ3v) is 14.4. The van der Waals surface area contributed by atoms with Crippen molar-refractivity contribution in [3.05, 3.63) is 36.5 Å². The van der Waals surface area contributed by atoms with Gasteiger partial charge in [0.2, 0.25) is 0 Å². The maximum atomic E-state index is 13.1. The van der Waals surface area contributed by atoms with E-state index in [4.69, 9.17) is 28.4 Å². The van der Waals surface area contributed by atoms with Crippen molar-refractivity contribution in [2.24, 2.45) is 0 Å². The molecule has 2 aliphatic rings. The minimum absolute atomic E-state index is 0.141. The van der Waals surface area contributed by atoms with Crippen LogP contribution in [0.2, 0.25) is 0 Å². The van der Waals surface area contributed by atoms with Gasteiger partial charge in [-0.3, -0.25) is 9.59 Å². The van der Waals surface area contributed by atoms with Gasteiger partial charge in [0, 0.05) is 12.8 Å². The van der Waals surface area contributed by atoms with E-state index in [2.05, 4.69) is 50.3 Å². The Bertz CT molecular complexity index is 1440. The van der Waals surface area contributed by atoms with Crippen LogP contribution >= 0.6 is 0 Å². The van der Waals surface area contributed by atoms with Crippen LogP contribution in [-0.4, -0.2) is 142 Å². The van der Waals surface area contributed by atoms with Gasteiger partial charge in [-0.25, -0.2) is 0 Å². The zero-order valence-corrected chi connectivity index (χ0v) is 46.8. The van der Waals surface area contributed by atoms with Gasteiger partial charge in [-0.05, 0) is 51.4 Å². The third-order valence-electron chi connectivity index (χ3n) is 14.4. The van der Waals surface area contributed by atoms with E-state index in [1.54, 1.807) is 0 Å². The highest BCUT2D eigenvalue weighted by molar-refractivity contribution is 5.70. The lowest BCUT2D eigenvalue weighted by atomic mass is 9.98. The number of rotatable bonds is 48. The maximum absolute atomic E-state index is 13.1. The van der Waals surface area contributed by atoms with Crippen LogP contribution in [0.5, 0.6) is 0 Å². The summed E-state index contributed by atoms with van der Waals surface area (Å²) in [6.45, 7) is 2.58. The zero-order chi connectivity index (χ0) is 54.6. The lowest BCUT2D eigenvalue weighted by Crippen LogP contribution is -2.61. The van der Waals surface area contributed by atoms with Crippen LogP contribution in [0.4, 0.5) is 0 Å². The van der Waals surface area contributed by atoms with Gasteiger partial charge in [0.1, 0.15) is 55.4 Å². The summed E-state index contributed by atoms with van der Waals surface area (Å²) in [4.78, 5) is 25.9. The molecule has 0 bridgehead atoms. The Morgan fingerprint density at radius 3 is 1.28 bits per heavy atom. The van der Waals surface area contributed by atoms with Crippen molar-refractivity contribution in [1.82, 2.24) is 0 Å². The van der Waals surface area contributed by atoms with Gasteiger partial charge in [0.25, 0.3) is 0 Å². The van der Waals surface area contributed by atoms with Crippen LogP contribution in [0.15, 0.2) is 36.5 Å². The molecule has 0 amide bonds. The van der Waals surface area contributed by atoms with Gasteiger partial charge in [-0.15, -0.1) is 0 Å². The van der Waals surface area contributed by atoms with Gasteiger partial charge in [-0.1, -0.05) is 211 Å². The molecule has 15 nitrogen and oxygen atoms in total. The smallest absolute Gasteiger partial charge is 0.306 e. The predicted molar refractivity (Wildman–Crippen MR) is 294 cm³/mol. The number of allylic oxidation sites excluding steroid dienone is 6. The number of hydrogen-bond donors (Lipinski definition) is 7. The van der Waals surface area contributed by atoms with Gasteiger partial charge < -0.3 is 64.2 Å². The number of hydrogen-bond acceptors (Lipinski definition) is 15. The molecule has 0 spiro atoms. The molecule has 2 rings (SSSR count). The Kier molecular flexibility index (Phi) is 42.8. The second kappa shape index (κ2) is 46.6. The SMILES string of the molecule is CCCCC/C=C/C/C=C/C/C=C/CCCCCCC(=O)O[C@@H](COC(=O)CCCCCCCCCCCCCCCCCCCCCCCC)CO[C@@H]1O[C@H](CO[C@@H]2O[C@H](CO)[C@H](O)C(O)C2O)[C@H](O)C(O)C1O. The molecule has 438 valence electrons. The monoisotopic (exact) mass is 1070 g/mol. The minimum atomic E-state index is -1.77.